The molecular weight excluding hydrogens is 347 g/mol. The van der Waals surface area contributed by atoms with Gasteiger partial charge in [-0.05, 0) is 24.3 Å². The van der Waals surface area contributed by atoms with Crippen molar-refractivity contribution < 1.29 is 24.8 Å². The van der Waals surface area contributed by atoms with Crippen molar-refractivity contribution in [1.82, 2.24) is 0 Å². The fourth-order valence-corrected chi connectivity index (χ4v) is 2.59. The molecule has 6 nitrogen and oxygen atoms in total. The molecule has 0 aliphatic carbocycles. The van der Waals surface area contributed by atoms with Crippen molar-refractivity contribution in [1.29, 1.82) is 0 Å². The minimum absolute atomic E-state index is 0.0171. The molecule has 23 heavy (non-hydrogen) atoms. The van der Waals surface area contributed by atoms with E-state index < -0.39 is 33.1 Å². The van der Waals surface area contributed by atoms with Crippen LogP contribution in [0.15, 0.2) is 33.5 Å². The van der Waals surface area contributed by atoms with Gasteiger partial charge in [0.1, 0.15) is 21.2 Å². The molecule has 3 rings (SSSR count). The molecule has 0 radical (unpaired) electrons. The van der Waals surface area contributed by atoms with Gasteiger partial charge in [-0.2, -0.15) is 0 Å². The molecule has 0 aliphatic rings. The van der Waals surface area contributed by atoms with E-state index in [0.717, 1.165) is 0 Å². The second-order valence-electron chi connectivity index (χ2n) is 4.69. The van der Waals surface area contributed by atoms with Crippen LogP contribution in [0.25, 0.3) is 22.3 Å². The molecule has 0 saturated heterocycles. The SMILES string of the molecule is O=c1c(O)c(-c2ccc(O)cc2)oc2c(Cl)c(O)c(Cl)c(O)c12. The second-order valence-corrected chi connectivity index (χ2v) is 5.44. The van der Waals surface area contributed by atoms with Crippen molar-refractivity contribution in [3.8, 4) is 34.3 Å². The summed E-state index contributed by atoms with van der Waals surface area (Å²) in [7, 11) is 0. The van der Waals surface area contributed by atoms with Crippen molar-refractivity contribution in [3.63, 3.8) is 0 Å². The van der Waals surface area contributed by atoms with E-state index in [1.165, 1.54) is 24.3 Å². The number of fused-ring (bicyclic) bond motifs is 1. The molecule has 0 atom stereocenters. The Morgan fingerprint density at radius 1 is 0.826 bits per heavy atom. The number of halogens is 2. The van der Waals surface area contributed by atoms with Crippen molar-refractivity contribution in [3.05, 3.63) is 44.5 Å². The second kappa shape index (κ2) is 5.26. The van der Waals surface area contributed by atoms with Gasteiger partial charge in [0.05, 0.1) is 0 Å². The van der Waals surface area contributed by atoms with Gasteiger partial charge in [0, 0.05) is 5.56 Å². The molecule has 0 fully saturated rings. The molecule has 0 spiro atoms. The van der Waals surface area contributed by atoms with E-state index in [2.05, 4.69) is 0 Å². The average Bonchev–Trinajstić information content (AvgIpc) is 2.54. The fraction of sp³-hybridized carbons (Fsp3) is 0. The van der Waals surface area contributed by atoms with Crippen LogP contribution < -0.4 is 5.43 Å². The molecular formula is C15H8Cl2O6. The van der Waals surface area contributed by atoms with Gasteiger partial charge < -0.3 is 24.8 Å². The molecule has 1 heterocycles. The number of phenols is 3. The summed E-state index contributed by atoms with van der Waals surface area (Å²) in [5.41, 5.74) is -1.00. The Hall–Kier alpha value is -2.57. The predicted molar refractivity (Wildman–Crippen MR) is 84.6 cm³/mol. The summed E-state index contributed by atoms with van der Waals surface area (Å²) in [5, 5.41) is 37.7. The molecule has 0 saturated carbocycles. The summed E-state index contributed by atoms with van der Waals surface area (Å²) in [5.74, 6) is -2.41. The maximum absolute atomic E-state index is 12.3. The average molecular weight is 355 g/mol. The van der Waals surface area contributed by atoms with E-state index >= 15 is 0 Å². The van der Waals surface area contributed by atoms with Crippen LogP contribution in [0.2, 0.25) is 10.0 Å². The van der Waals surface area contributed by atoms with Gasteiger partial charge in [0.25, 0.3) is 0 Å². The topological polar surface area (TPSA) is 111 Å². The summed E-state index contributed by atoms with van der Waals surface area (Å²) in [6.45, 7) is 0. The molecule has 0 amide bonds. The Morgan fingerprint density at radius 2 is 1.43 bits per heavy atom. The monoisotopic (exact) mass is 354 g/mol. The summed E-state index contributed by atoms with van der Waals surface area (Å²) in [6, 6.07) is 5.47. The van der Waals surface area contributed by atoms with Crippen molar-refractivity contribution in [2.24, 2.45) is 0 Å². The maximum atomic E-state index is 12.3. The van der Waals surface area contributed by atoms with Crippen LogP contribution in [0.5, 0.6) is 23.0 Å². The van der Waals surface area contributed by atoms with Crippen LogP contribution in [-0.2, 0) is 0 Å². The van der Waals surface area contributed by atoms with Crippen LogP contribution in [0.3, 0.4) is 0 Å². The number of hydrogen-bond donors (Lipinski definition) is 4. The van der Waals surface area contributed by atoms with Crippen LogP contribution >= 0.6 is 23.2 Å². The molecule has 0 unspecified atom stereocenters. The smallest absolute Gasteiger partial charge is 0.238 e. The van der Waals surface area contributed by atoms with Gasteiger partial charge in [-0.15, -0.1) is 0 Å². The van der Waals surface area contributed by atoms with E-state index in [-0.39, 0.29) is 27.7 Å². The van der Waals surface area contributed by atoms with Crippen LogP contribution in [0.4, 0.5) is 0 Å². The van der Waals surface area contributed by atoms with Crippen LogP contribution in [-0.4, -0.2) is 20.4 Å². The Balaban J connectivity index is 2.46. The Kier molecular flexibility index (Phi) is 3.50. The standard InChI is InChI=1S/C15H8Cl2O6/c16-8-10(19)7-11(20)13(22)14(5-1-3-6(18)4-2-5)23-15(7)9(17)12(8)21/h1-4,18-19,21-22H. The first-order valence-corrected chi connectivity index (χ1v) is 6.96. The first-order chi connectivity index (χ1) is 10.8. The molecule has 3 aromatic rings. The van der Waals surface area contributed by atoms with E-state index in [1.54, 1.807) is 0 Å². The number of benzene rings is 2. The highest BCUT2D eigenvalue weighted by atomic mass is 35.5. The van der Waals surface area contributed by atoms with Gasteiger partial charge in [-0.3, -0.25) is 4.79 Å². The zero-order valence-electron chi connectivity index (χ0n) is 11.2. The molecule has 0 bridgehead atoms. The Labute approximate surface area is 138 Å². The van der Waals surface area contributed by atoms with Crippen LogP contribution in [0, 0.1) is 0 Å². The third kappa shape index (κ3) is 2.23. The molecule has 2 aromatic carbocycles. The van der Waals surface area contributed by atoms with E-state index in [1.807, 2.05) is 0 Å². The summed E-state index contributed by atoms with van der Waals surface area (Å²) in [4.78, 5) is 12.3. The first kappa shape index (κ1) is 15.3. The van der Waals surface area contributed by atoms with Crippen LogP contribution in [0.1, 0.15) is 0 Å². The lowest BCUT2D eigenvalue weighted by molar-refractivity contribution is 0.438. The highest BCUT2D eigenvalue weighted by Gasteiger charge is 2.25. The lowest BCUT2D eigenvalue weighted by atomic mass is 10.1. The van der Waals surface area contributed by atoms with Crippen molar-refractivity contribution in [2.45, 2.75) is 0 Å². The van der Waals surface area contributed by atoms with E-state index in [0.29, 0.717) is 0 Å². The summed E-state index contributed by atoms with van der Waals surface area (Å²) < 4.78 is 5.40. The lowest BCUT2D eigenvalue weighted by Gasteiger charge is -2.10. The Morgan fingerprint density at radius 3 is 2.04 bits per heavy atom. The van der Waals surface area contributed by atoms with Gasteiger partial charge in [0.15, 0.2) is 22.8 Å². The fourth-order valence-electron chi connectivity index (χ4n) is 2.13. The summed E-state index contributed by atoms with van der Waals surface area (Å²) >= 11 is 11.6. The predicted octanol–water partition coefficient (Wildman–Crippen LogP) is 3.59. The molecule has 0 aliphatic heterocycles. The normalized spacial score (nSPS) is 11.0. The quantitative estimate of drug-likeness (QED) is 0.531. The van der Waals surface area contributed by atoms with Gasteiger partial charge in [-0.1, -0.05) is 23.2 Å². The minimum atomic E-state index is -0.962. The largest absolute Gasteiger partial charge is 0.508 e. The van der Waals surface area contributed by atoms with Crippen molar-refractivity contribution in [2.75, 3.05) is 0 Å². The zero-order chi connectivity index (χ0) is 16.9. The third-order valence-corrected chi connectivity index (χ3v) is 3.99. The highest BCUT2D eigenvalue weighted by Crippen LogP contribution is 2.46. The number of aromatic hydroxyl groups is 4. The first-order valence-electron chi connectivity index (χ1n) is 6.21. The van der Waals surface area contributed by atoms with E-state index in [4.69, 9.17) is 27.6 Å². The lowest BCUT2D eigenvalue weighted by Crippen LogP contribution is -2.03. The van der Waals surface area contributed by atoms with Gasteiger partial charge in [-0.25, -0.2) is 0 Å². The van der Waals surface area contributed by atoms with Gasteiger partial charge >= 0.3 is 0 Å². The number of rotatable bonds is 1. The molecule has 1 aromatic heterocycles. The maximum Gasteiger partial charge on any atom is 0.238 e. The minimum Gasteiger partial charge on any atom is -0.508 e. The molecule has 4 N–H and O–H groups in total. The molecule has 8 heteroatoms. The highest BCUT2D eigenvalue weighted by molar-refractivity contribution is 6.41. The number of phenolic OH excluding ortho intramolecular Hbond substituents is 3. The Bertz CT molecular complexity index is 992. The zero-order valence-corrected chi connectivity index (χ0v) is 12.7. The third-order valence-electron chi connectivity index (χ3n) is 3.28. The van der Waals surface area contributed by atoms with E-state index in [9.17, 15) is 25.2 Å². The molecule has 118 valence electrons. The van der Waals surface area contributed by atoms with Gasteiger partial charge in [0.2, 0.25) is 11.2 Å². The summed E-state index contributed by atoms with van der Waals surface area (Å²) in [6.07, 6.45) is 0. The van der Waals surface area contributed by atoms with Crippen molar-refractivity contribution >= 4 is 34.2 Å². The number of hydrogen-bond acceptors (Lipinski definition) is 6.